The van der Waals surface area contributed by atoms with Crippen molar-refractivity contribution in [2.24, 2.45) is 0 Å². The van der Waals surface area contributed by atoms with E-state index in [1.807, 2.05) is 31.2 Å². The molecular weight excluding hydrogens is 348 g/mol. The standard InChI is InChI=1S/C19H16N4O2S/c1-12-21-16-7-6-13(10-17(16)26-12)22-18(24)8-9-23-11-20-15-5-3-2-4-14(15)19(23)25/h2-7,10-11H,8-9H2,1H3,(H,22,24). The minimum absolute atomic E-state index is 0.134. The first-order valence-corrected chi connectivity index (χ1v) is 9.03. The Balaban J connectivity index is 1.46. The van der Waals surface area contributed by atoms with Crippen LogP contribution in [0.2, 0.25) is 0 Å². The Hall–Kier alpha value is -3.06. The first-order valence-electron chi connectivity index (χ1n) is 8.21. The van der Waals surface area contributed by atoms with E-state index in [1.165, 1.54) is 10.9 Å². The van der Waals surface area contributed by atoms with Gasteiger partial charge >= 0.3 is 0 Å². The van der Waals surface area contributed by atoms with Gasteiger partial charge in [-0.15, -0.1) is 11.3 Å². The quantitative estimate of drug-likeness (QED) is 0.602. The van der Waals surface area contributed by atoms with Crippen LogP contribution in [0.3, 0.4) is 0 Å². The van der Waals surface area contributed by atoms with Crippen molar-refractivity contribution in [1.29, 1.82) is 0 Å². The summed E-state index contributed by atoms with van der Waals surface area (Å²) in [5, 5.41) is 4.42. The summed E-state index contributed by atoms with van der Waals surface area (Å²) in [6, 6.07) is 12.8. The highest BCUT2D eigenvalue weighted by Gasteiger charge is 2.08. The summed E-state index contributed by atoms with van der Waals surface area (Å²) in [4.78, 5) is 33.3. The van der Waals surface area contributed by atoms with Crippen molar-refractivity contribution < 1.29 is 4.79 Å². The van der Waals surface area contributed by atoms with E-state index >= 15 is 0 Å². The molecular formula is C19H16N4O2S. The largest absolute Gasteiger partial charge is 0.326 e. The highest BCUT2D eigenvalue weighted by atomic mass is 32.1. The van der Waals surface area contributed by atoms with Crippen LogP contribution in [0.25, 0.3) is 21.1 Å². The maximum atomic E-state index is 12.4. The molecule has 0 unspecified atom stereocenters. The molecule has 1 amide bonds. The van der Waals surface area contributed by atoms with Crippen molar-refractivity contribution in [2.45, 2.75) is 19.9 Å². The van der Waals surface area contributed by atoms with Gasteiger partial charge < -0.3 is 5.32 Å². The first-order chi connectivity index (χ1) is 12.6. The number of hydrogen-bond acceptors (Lipinski definition) is 5. The average molecular weight is 364 g/mol. The second-order valence-electron chi connectivity index (χ2n) is 5.97. The molecule has 0 fully saturated rings. The van der Waals surface area contributed by atoms with Gasteiger partial charge in [0.25, 0.3) is 5.56 Å². The van der Waals surface area contributed by atoms with Crippen molar-refractivity contribution in [3.8, 4) is 0 Å². The molecule has 0 bridgehead atoms. The minimum Gasteiger partial charge on any atom is -0.326 e. The lowest BCUT2D eigenvalue weighted by Crippen LogP contribution is -2.23. The van der Waals surface area contributed by atoms with E-state index in [9.17, 15) is 9.59 Å². The summed E-state index contributed by atoms with van der Waals surface area (Å²) in [7, 11) is 0. The van der Waals surface area contributed by atoms with E-state index in [1.54, 1.807) is 29.5 Å². The summed E-state index contributed by atoms with van der Waals surface area (Å²) in [5.41, 5.74) is 2.19. The Labute approximate surface area is 153 Å². The van der Waals surface area contributed by atoms with Gasteiger partial charge in [0.15, 0.2) is 0 Å². The predicted molar refractivity (Wildman–Crippen MR) is 104 cm³/mol. The van der Waals surface area contributed by atoms with Crippen LogP contribution < -0.4 is 10.9 Å². The van der Waals surface area contributed by atoms with E-state index in [-0.39, 0.29) is 24.4 Å². The Kier molecular flexibility index (Phi) is 4.22. The van der Waals surface area contributed by atoms with Crippen molar-refractivity contribution in [3.05, 3.63) is 64.2 Å². The van der Waals surface area contributed by atoms with E-state index in [4.69, 9.17) is 0 Å². The van der Waals surface area contributed by atoms with Crippen LogP contribution in [-0.2, 0) is 11.3 Å². The molecule has 0 spiro atoms. The second kappa shape index (κ2) is 6.68. The molecule has 0 aliphatic heterocycles. The monoisotopic (exact) mass is 364 g/mol. The number of benzene rings is 2. The number of nitrogens with one attached hydrogen (secondary N) is 1. The summed E-state index contributed by atoms with van der Waals surface area (Å²) < 4.78 is 2.51. The Morgan fingerprint density at radius 3 is 2.92 bits per heavy atom. The molecule has 6 nitrogen and oxygen atoms in total. The number of aromatic nitrogens is 3. The fraction of sp³-hybridized carbons (Fsp3) is 0.158. The number of fused-ring (bicyclic) bond motifs is 2. The van der Waals surface area contributed by atoms with E-state index in [0.717, 1.165) is 20.9 Å². The molecule has 4 rings (SSSR count). The molecule has 7 heteroatoms. The third-order valence-corrected chi connectivity index (χ3v) is 5.02. The number of carbonyl (C=O) groups is 1. The molecule has 0 saturated carbocycles. The normalized spacial score (nSPS) is 11.1. The van der Waals surface area contributed by atoms with E-state index in [2.05, 4.69) is 15.3 Å². The Bertz CT molecular complexity index is 1180. The van der Waals surface area contributed by atoms with Crippen LogP contribution >= 0.6 is 11.3 Å². The summed E-state index contributed by atoms with van der Waals surface area (Å²) in [6.45, 7) is 2.24. The van der Waals surface area contributed by atoms with Gasteiger partial charge in [0, 0.05) is 18.7 Å². The zero-order valence-corrected chi connectivity index (χ0v) is 14.9. The summed E-state index contributed by atoms with van der Waals surface area (Å²) >= 11 is 1.59. The molecule has 2 aromatic carbocycles. The number of aryl methyl sites for hydroxylation is 2. The Morgan fingerprint density at radius 2 is 2.04 bits per heavy atom. The van der Waals surface area contributed by atoms with E-state index < -0.39 is 0 Å². The number of hydrogen-bond donors (Lipinski definition) is 1. The molecule has 0 atom stereocenters. The Morgan fingerprint density at radius 1 is 1.19 bits per heavy atom. The van der Waals surface area contributed by atoms with Gasteiger partial charge in [-0.3, -0.25) is 14.2 Å². The lowest BCUT2D eigenvalue weighted by molar-refractivity contribution is -0.116. The van der Waals surface area contributed by atoms with Gasteiger partial charge in [0.05, 0.1) is 32.5 Å². The molecule has 26 heavy (non-hydrogen) atoms. The van der Waals surface area contributed by atoms with Gasteiger partial charge in [-0.05, 0) is 37.3 Å². The number of amides is 1. The van der Waals surface area contributed by atoms with Gasteiger partial charge in [-0.2, -0.15) is 0 Å². The fourth-order valence-electron chi connectivity index (χ4n) is 2.83. The van der Waals surface area contributed by atoms with Gasteiger partial charge in [-0.25, -0.2) is 9.97 Å². The van der Waals surface area contributed by atoms with Crippen LogP contribution in [0.15, 0.2) is 53.6 Å². The maximum absolute atomic E-state index is 12.4. The molecule has 0 aliphatic rings. The number of carbonyl (C=O) groups excluding carboxylic acids is 1. The molecule has 4 aromatic rings. The van der Waals surface area contributed by atoms with E-state index in [0.29, 0.717) is 10.9 Å². The molecule has 2 heterocycles. The summed E-state index contributed by atoms with van der Waals surface area (Å²) in [6.07, 6.45) is 1.68. The number of thiazole rings is 1. The topological polar surface area (TPSA) is 76.9 Å². The van der Waals surface area contributed by atoms with Crippen LogP contribution in [0.4, 0.5) is 5.69 Å². The SMILES string of the molecule is Cc1nc2ccc(NC(=O)CCn3cnc4ccccc4c3=O)cc2s1. The van der Waals surface area contributed by atoms with Crippen LogP contribution in [0.1, 0.15) is 11.4 Å². The third kappa shape index (κ3) is 3.21. The maximum Gasteiger partial charge on any atom is 0.261 e. The van der Waals surface area contributed by atoms with Crippen LogP contribution in [0, 0.1) is 6.92 Å². The number of nitrogens with zero attached hydrogens (tertiary/aromatic N) is 3. The van der Waals surface area contributed by atoms with Crippen LogP contribution in [0.5, 0.6) is 0 Å². The molecule has 2 aromatic heterocycles. The molecule has 0 radical (unpaired) electrons. The number of rotatable bonds is 4. The van der Waals surface area contributed by atoms with Gasteiger partial charge in [0.2, 0.25) is 5.91 Å². The predicted octanol–water partition coefficient (Wildman–Crippen LogP) is 3.34. The van der Waals surface area contributed by atoms with Crippen molar-refractivity contribution in [3.63, 3.8) is 0 Å². The molecule has 130 valence electrons. The van der Waals surface area contributed by atoms with Crippen LogP contribution in [-0.4, -0.2) is 20.4 Å². The molecule has 0 saturated heterocycles. The number of para-hydroxylation sites is 1. The third-order valence-electron chi connectivity index (χ3n) is 4.09. The van der Waals surface area contributed by atoms with Gasteiger partial charge in [0.1, 0.15) is 0 Å². The average Bonchev–Trinajstić information content (AvgIpc) is 3.01. The number of anilines is 1. The smallest absolute Gasteiger partial charge is 0.261 e. The van der Waals surface area contributed by atoms with Crippen molar-refractivity contribution in [1.82, 2.24) is 14.5 Å². The molecule has 1 N–H and O–H groups in total. The summed E-state index contributed by atoms with van der Waals surface area (Å²) in [5.74, 6) is -0.148. The second-order valence-corrected chi connectivity index (χ2v) is 7.21. The van der Waals surface area contributed by atoms with Crippen molar-refractivity contribution >= 4 is 44.1 Å². The molecule has 0 aliphatic carbocycles. The zero-order chi connectivity index (χ0) is 18.1. The zero-order valence-electron chi connectivity index (χ0n) is 14.1. The van der Waals surface area contributed by atoms with Crippen molar-refractivity contribution in [2.75, 3.05) is 5.32 Å². The van der Waals surface area contributed by atoms with Gasteiger partial charge in [-0.1, -0.05) is 12.1 Å². The fourth-order valence-corrected chi connectivity index (χ4v) is 3.69. The lowest BCUT2D eigenvalue weighted by atomic mass is 10.2. The highest BCUT2D eigenvalue weighted by molar-refractivity contribution is 7.18. The highest BCUT2D eigenvalue weighted by Crippen LogP contribution is 2.24. The lowest BCUT2D eigenvalue weighted by Gasteiger charge is -2.08. The minimum atomic E-state index is -0.148. The first kappa shape index (κ1) is 16.4.